The van der Waals surface area contributed by atoms with Gasteiger partial charge in [-0.2, -0.15) is 0 Å². The lowest BCUT2D eigenvalue weighted by Gasteiger charge is -2.20. The molecule has 0 saturated carbocycles. The van der Waals surface area contributed by atoms with Gasteiger partial charge in [-0.15, -0.1) is 10.2 Å². The fourth-order valence-corrected chi connectivity index (χ4v) is 3.81. The summed E-state index contributed by atoms with van der Waals surface area (Å²) in [7, 11) is 1.83. The predicted octanol–water partition coefficient (Wildman–Crippen LogP) is 3.39. The highest BCUT2D eigenvalue weighted by atomic mass is 35.5. The lowest BCUT2D eigenvalue weighted by Crippen LogP contribution is -2.12. The van der Waals surface area contributed by atoms with Crippen LogP contribution in [0.4, 0.5) is 5.13 Å². The Morgan fingerprint density at radius 1 is 1.45 bits per heavy atom. The average Bonchev–Trinajstić information content (AvgIpc) is 2.92. The van der Waals surface area contributed by atoms with Gasteiger partial charge in [-0.1, -0.05) is 34.7 Å². The predicted molar refractivity (Wildman–Crippen MR) is 80.8 cm³/mol. The highest BCUT2D eigenvalue weighted by molar-refractivity contribution is 8.00. The average molecular weight is 330 g/mol. The number of rotatable bonds is 4. The van der Waals surface area contributed by atoms with Crippen LogP contribution in [0.15, 0.2) is 16.5 Å². The van der Waals surface area contributed by atoms with Crippen molar-refractivity contribution in [3.05, 3.63) is 28.3 Å². The summed E-state index contributed by atoms with van der Waals surface area (Å²) in [5.41, 5.74) is 2.05. The van der Waals surface area contributed by atoms with Crippen LogP contribution in [0, 0.1) is 0 Å². The summed E-state index contributed by atoms with van der Waals surface area (Å²) in [4.78, 5) is 0. The van der Waals surface area contributed by atoms with Crippen molar-refractivity contribution in [1.29, 1.82) is 0 Å². The van der Waals surface area contributed by atoms with Crippen LogP contribution in [0.3, 0.4) is 0 Å². The number of nitrogens with zero attached hydrogens (tertiary/aromatic N) is 2. The van der Waals surface area contributed by atoms with Gasteiger partial charge in [0.2, 0.25) is 5.13 Å². The van der Waals surface area contributed by atoms with Crippen molar-refractivity contribution in [3.63, 3.8) is 0 Å². The van der Waals surface area contributed by atoms with Crippen molar-refractivity contribution < 1.29 is 9.47 Å². The largest absolute Gasteiger partial charge is 0.467 e. The molecule has 5 nitrogen and oxygen atoms in total. The number of aromatic nitrogens is 2. The standard InChI is InChI=1S/C12H12ClN3O2S2/c1-14-11-15-16-12(20-11)19-5-8-3-9(13)2-7-4-17-6-18-10(7)8/h2-3H,4-6H2,1H3,(H,14,15). The van der Waals surface area contributed by atoms with E-state index in [1.807, 2.05) is 19.2 Å². The minimum Gasteiger partial charge on any atom is -0.467 e. The second-order valence-electron chi connectivity index (χ2n) is 4.08. The highest BCUT2D eigenvalue weighted by Gasteiger charge is 2.17. The molecule has 0 atom stereocenters. The first kappa shape index (κ1) is 13.9. The molecule has 1 aliphatic rings. The van der Waals surface area contributed by atoms with Crippen LogP contribution in [0.25, 0.3) is 0 Å². The van der Waals surface area contributed by atoms with E-state index < -0.39 is 0 Å². The summed E-state index contributed by atoms with van der Waals surface area (Å²) >= 11 is 9.28. The monoisotopic (exact) mass is 329 g/mol. The van der Waals surface area contributed by atoms with Gasteiger partial charge in [0, 0.05) is 29.0 Å². The lowest BCUT2D eigenvalue weighted by molar-refractivity contribution is -0.0168. The number of anilines is 1. The zero-order chi connectivity index (χ0) is 13.9. The van der Waals surface area contributed by atoms with E-state index in [9.17, 15) is 0 Å². The Morgan fingerprint density at radius 2 is 2.35 bits per heavy atom. The maximum absolute atomic E-state index is 6.13. The molecule has 1 aromatic carbocycles. The topological polar surface area (TPSA) is 56.3 Å². The molecule has 2 heterocycles. The molecule has 1 aromatic heterocycles. The van der Waals surface area contributed by atoms with Crippen molar-refractivity contribution in [1.82, 2.24) is 10.2 Å². The zero-order valence-corrected chi connectivity index (χ0v) is 13.1. The molecule has 3 rings (SSSR count). The van der Waals surface area contributed by atoms with Gasteiger partial charge in [0.15, 0.2) is 11.1 Å². The normalized spacial score (nSPS) is 13.7. The van der Waals surface area contributed by atoms with E-state index in [1.165, 1.54) is 11.3 Å². The van der Waals surface area contributed by atoms with E-state index in [-0.39, 0.29) is 6.79 Å². The third-order valence-electron chi connectivity index (χ3n) is 2.72. The highest BCUT2D eigenvalue weighted by Crippen LogP contribution is 2.36. The quantitative estimate of drug-likeness (QED) is 0.868. The number of hydrogen-bond acceptors (Lipinski definition) is 7. The number of hydrogen-bond donors (Lipinski definition) is 1. The van der Waals surface area contributed by atoms with Crippen molar-refractivity contribution in [2.24, 2.45) is 0 Å². The molecule has 20 heavy (non-hydrogen) atoms. The fraction of sp³-hybridized carbons (Fsp3) is 0.333. The Balaban J connectivity index is 1.78. The molecule has 2 aromatic rings. The van der Waals surface area contributed by atoms with E-state index in [0.717, 1.165) is 32.1 Å². The molecule has 0 spiro atoms. The molecular formula is C12H12ClN3O2S2. The van der Waals surface area contributed by atoms with Crippen LogP contribution >= 0.6 is 34.7 Å². The van der Waals surface area contributed by atoms with E-state index in [1.54, 1.807) is 11.8 Å². The number of benzene rings is 1. The van der Waals surface area contributed by atoms with E-state index in [4.69, 9.17) is 21.1 Å². The molecule has 0 amide bonds. The summed E-state index contributed by atoms with van der Waals surface area (Å²) in [5, 5.41) is 12.6. The van der Waals surface area contributed by atoms with Crippen molar-refractivity contribution in [2.75, 3.05) is 19.2 Å². The molecule has 8 heteroatoms. The second kappa shape index (κ2) is 6.17. The molecule has 0 bridgehead atoms. The molecule has 106 valence electrons. The van der Waals surface area contributed by atoms with Crippen molar-refractivity contribution >= 4 is 39.8 Å². The lowest BCUT2D eigenvalue weighted by atomic mass is 10.1. The van der Waals surface area contributed by atoms with Crippen LogP contribution in [-0.2, 0) is 17.1 Å². The van der Waals surface area contributed by atoms with Gasteiger partial charge in [-0.25, -0.2) is 0 Å². The molecule has 1 N–H and O–H groups in total. The Morgan fingerprint density at radius 3 is 3.15 bits per heavy atom. The fourth-order valence-electron chi connectivity index (χ4n) is 1.87. The van der Waals surface area contributed by atoms with Crippen LogP contribution in [-0.4, -0.2) is 24.0 Å². The summed E-state index contributed by atoms with van der Waals surface area (Å²) < 4.78 is 11.8. The van der Waals surface area contributed by atoms with Crippen LogP contribution in [0.5, 0.6) is 5.75 Å². The molecule has 1 aliphatic heterocycles. The van der Waals surface area contributed by atoms with Gasteiger partial charge in [0.1, 0.15) is 5.75 Å². The first-order chi connectivity index (χ1) is 9.76. The summed E-state index contributed by atoms with van der Waals surface area (Å²) in [6.45, 7) is 0.825. The number of ether oxygens (including phenoxy) is 2. The first-order valence-corrected chi connectivity index (χ1v) is 8.10. The van der Waals surface area contributed by atoms with E-state index in [2.05, 4.69) is 15.5 Å². The Bertz CT molecular complexity index is 621. The molecular weight excluding hydrogens is 318 g/mol. The van der Waals surface area contributed by atoms with Crippen LogP contribution < -0.4 is 10.1 Å². The number of halogens is 1. The maximum atomic E-state index is 6.13. The third kappa shape index (κ3) is 3.01. The van der Waals surface area contributed by atoms with Crippen LogP contribution in [0.2, 0.25) is 5.02 Å². The second-order valence-corrected chi connectivity index (χ2v) is 6.71. The van der Waals surface area contributed by atoms with Gasteiger partial charge in [-0.05, 0) is 12.1 Å². The van der Waals surface area contributed by atoms with Crippen molar-refractivity contribution in [2.45, 2.75) is 16.7 Å². The molecule has 0 saturated heterocycles. The van der Waals surface area contributed by atoms with Crippen molar-refractivity contribution in [3.8, 4) is 5.75 Å². The molecule has 0 aliphatic carbocycles. The molecule has 0 fully saturated rings. The third-order valence-corrected chi connectivity index (χ3v) is 5.06. The van der Waals surface area contributed by atoms with Gasteiger partial charge in [0.05, 0.1) is 6.61 Å². The van der Waals surface area contributed by atoms with Gasteiger partial charge < -0.3 is 14.8 Å². The summed E-state index contributed by atoms with van der Waals surface area (Å²) in [6.07, 6.45) is 0. The SMILES string of the molecule is CNc1nnc(SCc2cc(Cl)cc3c2OCOC3)s1. The number of nitrogens with one attached hydrogen (secondary N) is 1. The molecule has 0 radical (unpaired) electrons. The minimum absolute atomic E-state index is 0.287. The van der Waals surface area contributed by atoms with E-state index in [0.29, 0.717) is 11.6 Å². The summed E-state index contributed by atoms with van der Waals surface area (Å²) in [6, 6.07) is 3.81. The maximum Gasteiger partial charge on any atom is 0.206 e. The van der Waals surface area contributed by atoms with Gasteiger partial charge in [-0.3, -0.25) is 0 Å². The minimum atomic E-state index is 0.287. The van der Waals surface area contributed by atoms with Crippen LogP contribution in [0.1, 0.15) is 11.1 Å². The Hall–Kier alpha value is -1.02. The molecule has 0 unspecified atom stereocenters. The number of thioether (sulfide) groups is 1. The smallest absolute Gasteiger partial charge is 0.206 e. The van der Waals surface area contributed by atoms with Gasteiger partial charge >= 0.3 is 0 Å². The van der Waals surface area contributed by atoms with Gasteiger partial charge in [0.25, 0.3) is 0 Å². The zero-order valence-electron chi connectivity index (χ0n) is 10.7. The Kier molecular flexibility index (Phi) is 4.30. The number of fused-ring (bicyclic) bond motifs is 1. The first-order valence-electron chi connectivity index (χ1n) is 5.92. The summed E-state index contributed by atoms with van der Waals surface area (Å²) in [5.74, 6) is 1.62. The van der Waals surface area contributed by atoms with E-state index >= 15 is 0 Å². The Labute approximate surface area is 129 Å².